The third-order valence-corrected chi connectivity index (χ3v) is 7.70. The number of carbonyl (C=O) groups is 2. The number of amides is 2. The topological polar surface area (TPSA) is 91.6 Å². The summed E-state index contributed by atoms with van der Waals surface area (Å²) in [5.41, 5.74) is 5.54. The van der Waals surface area contributed by atoms with Crippen LogP contribution in [0.3, 0.4) is 0 Å². The normalized spacial score (nSPS) is 13.6. The Labute approximate surface area is 244 Å². The van der Waals surface area contributed by atoms with Crippen molar-refractivity contribution in [1.29, 1.82) is 0 Å². The van der Waals surface area contributed by atoms with Gasteiger partial charge in [0.2, 0.25) is 0 Å². The van der Waals surface area contributed by atoms with Crippen molar-refractivity contribution in [1.82, 2.24) is 19.4 Å². The lowest BCUT2D eigenvalue weighted by Crippen LogP contribution is -2.49. The van der Waals surface area contributed by atoms with E-state index in [1.165, 1.54) is 0 Å². The number of hydrogen-bond donors (Lipinski definition) is 1. The third kappa shape index (κ3) is 5.48. The zero-order chi connectivity index (χ0) is 29.1. The van der Waals surface area contributed by atoms with Crippen LogP contribution in [0.4, 0.5) is 10.6 Å². The number of aromatic nitrogens is 3. The first kappa shape index (κ1) is 27.2. The van der Waals surface area contributed by atoms with Crippen LogP contribution in [-0.2, 0) is 19.5 Å². The maximum absolute atomic E-state index is 13.5. The summed E-state index contributed by atoms with van der Waals surface area (Å²) in [5, 5.41) is 9.60. The van der Waals surface area contributed by atoms with Gasteiger partial charge >= 0.3 is 12.0 Å². The SMILES string of the molecule is CCCc1nc2ccc(N3CCCN(Cc4ccccc4)C3=O)nc2n1Cc1ccc(-c2ccccc2C(=O)O)cc1. The minimum atomic E-state index is -0.943. The second-order valence-electron chi connectivity index (χ2n) is 10.6. The summed E-state index contributed by atoms with van der Waals surface area (Å²) in [6.07, 6.45) is 2.62. The molecule has 0 radical (unpaired) electrons. The van der Waals surface area contributed by atoms with E-state index >= 15 is 0 Å². The molecule has 2 amide bonds. The molecule has 1 aliphatic rings. The Morgan fingerprint density at radius 1 is 0.833 bits per heavy atom. The monoisotopic (exact) mass is 559 g/mol. The minimum Gasteiger partial charge on any atom is -0.478 e. The first-order valence-electron chi connectivity index (χ1n) is 14.4. The summed E-state index contributed by atoms with van der Waals surface area (Å²) >= 11 is 0. The summed E-state index contributed by atoms with van der Waals surface area (Å²) in [7, 11) is 0. The van der Waals surface area contributed by atoms with E-state index in [0.717, 1.165) is 59.5 Å². The number of imidazole rings is 1. The van der Waals surface area contributed by atoms with Crippen LogP contribution in [0.25, 0.3) is 22.3 Å². The van der Waals surface area contributed by atoms with Crippen molar-refractivity contribution in [2.45, 2.75) is 39.3 Å². The van der Waals surface area contributed by atoms with Gasteiger partial charge in [0.25, 0.3) is 0 Å². The standard InChI is InChI=1S/C34H33N5O3/c1-2-9-30-35-29-18-19-31(38-21-8-20-37(34(38)42)22-24-10-4-3-5-11-24)36-32(29)39(30)23-25-14-16-26(17-15-25)27-12-6-7-13-28(27)33(40)41/h3-7,10-19H,2,8-9,20-23H2,1H3,(H,40,41). The summed E-state index contributed by atoms with van der Waals surface area (Å²) in [4.78, 5) is 38.8. The molecule has 1 aliphatic heterocycles. The number of aromatic carboxylic acids is 1. The van der Waals surface area contributed by atoms with Crippen LogP contribution in [-0.4, -0.2) is 49.6 Å². The fraction of sp³-hybridized carbons (Fsp3) is 0.235. The highest BCUT2D eigenvalue weighted by Gasteiger charge is 2.28. The molecule has 0 atom stereocenters. The number of benzene rings is 3. The van der Waals surface area contributed by atoms with Crippen molar-refractivity contribution in [2.24, 2.45) is 0 Å². The zero-order valence-electron chi connectivity index (χ0n) is 23.6. The average molecular weight is 560 g/mol. The van der Waals surface area contributed by atoms with Gasteiger partial charge in [0.15, 0.2) is 5.65 Å². The number of carboxylic acid groups (broad SMARTS) is 1. The summed E-state index contributed by atoms with van der Waals surface area (Å²) in [6.45, 7) is 4.61. The smallest absolute Gasteiger partial charge is 0.336 e. The van der Waals surface area contributed by atoms with Crippen molar-refractivity contribution >= 4 is 29.0 Å². The fourth-order valence-electron chi connectivity index (χ4n) is 5.61. The molecule has 1 saturated heterocycles. The van der Waals surface area contributed by atoms with Gasteiger partial charge in [-0.25, -0.2) is 19.6 Å². The molecular formula is C34H33N5O3. The predicted octanol–water partition coefficient (Wildman–Crippen LogP) is 6.63. The second-order valence-corrected chi connectivity index (χ2v) is 10.6. The van der Waals surface area contributed by atoms with Crippen molar-refractivity contribution in [2.75, 3.05) is 18.0 Å². The second kappa shape index (κ2) is 11.9. The first-order chi connectivity index (χ1) is 20.5. The minimum absolute atomic E-state index is 0.0333. The number of anilines is 1. The Bertz CT molecular complexity index is 1730. The van der Waals surface area contributed by atoms with Gasteiger partial charge in [-0.15, -0.1) is 0 Å². The van der Waals surface area contributed by atoms with E-state index in [9.17, 15) is 14.7 Å². The Morgan fingerprint density at radius 3 is 2.33 bits per heavy atom. The number of carboxylic acids is 1. The molecule has 3 aromatic carbocycles. The molecule has 212 valence electrons. The van der Waals surface area contributed by atoms with E-state index < -0.39 is 5.97 Å². The Morgan fingerprint density at radius 2 is 1.57 bits per heavy atom. The third-order valence-electron chi connectivity index (χ3n) is 7.70. The van der Waals surface area contributed by atoms with Crippen LogP contribution in [0.5, 0.6) is 0 Å². The maximum atomic E-state index is 13.5. The number of hydrogen-bond acceptors (Lipinski definition) is 4. The highest BCUT2D eigenvalue weighted by molar-refractivity contribution is 5.96. The molecule has 0 spiro atoms. The molecule has 8 nitrogen and oxygen atoms in total. The first-order valence-corrected chi connectivity index (χ1v) is 14.4. The highest BCUT2D eigenvalue weighted by Crippen LogP contribution is 2.27. The van der Waals surface area contributed by atoms with Gasteiger partial charge in [0.1, 0.15) is 17.2 Å². The number of fused-ring (bicyclic) bond motifs is 1. The molecule has 3 heterocycles. The molecule has 1 N–H and O–H groups in total. The Balaban J connectivity index is 1.29. The quantitative estimate of drug-likeness (QED) is 0.219. The molecular weight excluding hydrogens is 526 g/mol. The average Bonchev–Trinajstić information content (AvgIpc) is 3.35. The highest BCUT2D eigenvalue weighted by atomic mass is 16.4. The molecule has 0 aliphatic carbocycles. The molecule has 0 saturated carbocycles. The van der Waals surface area contributed by atoms with E-state index in [1.54, 1.807) is 17.0 Å². The largest absolute Gasteiger partial charge is 0.478 e. The van der Waals surface area contributed by atoms with Crippen LogP contribution < -0.4 is 4.90 Å². The van der Waals surface area contributed by atoms with Gasteiger partial charge in [0.05, 0.1) is 12.1 Å². The number of carbonyl (C=O) groups excluding carboxylic acids is 1. The molecule has 6 rings (SSSR count). The Hall–Kier alpha value is -4.98. The van der Waals surface area contributed by atoms with Gasteiger partial charge in [-0.2, -0.15) is 0 Å². The van der Waals surface area contributed by atoms with E-state index in [4.69, 9.17) is 9.97 Å². The molecule has 42 heavy (non-hydrogen) atoms. The number of rotatable bonds is 9. The van der Waals surface area contributed by atoms with Gasteiger partial charge in [-0.3, -0.25) is 4.90 Å². The van der Waals surface area contributed by atoms with Crippen LogP contribution >= 0.6 is 0 Å². The maximum Gasteiger partial charge on any atom is 0.336 e. The Kier molecular flexibility index (Phi) is 7.68. The van der Waals surface area contributed by atoms with Gasteiger partial charge < -0.3 is 14.6 Å². The molecule has 1 fully saturated rings. The van der Waals surface area contributed by atoms with Crippen molar-refractivity contribution in [3.8, 4) is 11.1 Å². The van der Waals surface area contributed by atoms with E-state index in [1.807, 2.05) is 83.8 Å². The number of aryl methyl sites for hydroxylation is 1. The molecule has 0 bridgehead atoms. The molecule has 2 aromatic heterocycles. The van der Waals surface area contributed by atoms with Gasteiger partial charge in [0, 0.05) is 26.1 Å². The summed E-state index contributed by atoms with van der Waals surface area (Å²) < 4.78 is 2.14. The fourth-order valence-corrected chi connectivity index (χ4v) is 5.61. The van der Waals surface area contributed by atoms with Gasteiger partial charge in [-0.1, -0.05) is 79.7 Å². The van der Waals surface area contributed by atoms with Crippen LogP contribution in [0.2, 0.25) is 0 Å². The number of nitrogens with zero attached hydrogens (tertiary/aromatic N) is 5. The van der Waals surface area contributed by atoms with Crippen molar-refractivity contribution in [3.05, 3.63) is 114 Å². The summed E-state index contributed by atoms with van der Waals surface area (Å²) in [5.74, 6) is 0.643. The van der Waals surface area contributed by atoms with E-state index in [-0.39, 0.29) is 11.6 Å². The van der Waals surface area contributed by atoms with Gasteiger partial charge in [-0.05, 0) is 53.3 Å². The number of pyridine rings is 1. The van der Waals surface area contributed by atoms with Crippen LogP contribution in [0.1, 0.15) is 47.1 Å². The van der Waals surface area contributed by atoms with Crippen molar-refractivity contribution in [3.63, 3.8) is 0 Å². The van der Waals surface area contributed by atoms with Crippen LogP contribution in [0.15, 0.2) is 91.0 Å². The van der Waals surface area contributed by atoms with Crippen molar-refractivity contribution < 1.29 is 14.7 Å². The lowest BCUT2D eigenvalue weighted by molar-refractivity contribution is 0.0697. The van der Waals surface area contributed by atoms with Crippen LogP contribution in [0, 0.1) is 0 Å². The van der Waals surface area contributed by atoms with E-state index in [0.29, 0.717) is 31.0 Å². The lowest BCUT2D eigenvalue weighted by Gasteiger charge is -2.35. The summed E-state index contributed by atoms with van der Waals surface area (Å²) in [6, 6.07) is 28.9. The molecule has 5 aromatic rings. The zero-order valence-corrected chi connectivity index (χ0v) is 23.6. The number of urea groups is 1. The molecule has 8 heteroatoms. The van der Waals surface area contributed by atoms with E-state index in [2.05, 4.69) is 11.5 Å². The predicted molar refractivity (Wildman–Crippen MR) is 164 cm³/mol. The molecule has 0 unspecified atom stereocenters. The lowest BCUT2D eigenvalue weighted by atomic mass is 9.99.